The first kappa shape index (κ1) is 17.9. The van der Waals surface area contributed by atoms with Gasteiger partial charge < -0.3 is 10.6 Å². The molecule has 0 fully saturated rings. The van der Waals surface area contributed by atoms with Gasteiger partial charge in [-0.05, 0) is 56.2 Å². The number of pyridine rings is 3. The van der Waals surface area contributed by atoms with E-state index in [2.05, 4.69) is 20.6 Å². The van der Waals surface area contributed by atoms with Gasteiger partial charge in [0, 0.05) is 36.7 Å². The third kappa shape index (κ3) is 3.93. The Labute approximate surface area is 163 Å². The summed E-state index contributed by atoms with van der Waals surface area (Å²) in [6.07, 6.45) is 6.99. The Morgan fingerprint density at radius 2 is 2.07 bits per heavy atom. The molecule has 3 aromatic heterocycles. The van der Waals surface area contributed by atoms with Crippen LogP contribution in [0.4, 0.5) is 22.0 Å². The van der Waals surface area contributed by atoms with E-state index < -0.39 is 0 Å². The number of hydrogen-bond acceptors (Lipinski definition) is 5. The number of rotatable bonds is 2. The van der Waals surface area contributed by atoms with Gasteiger partial charge in [0.25, 0.3) is 0 Å². The van der Waals surface area contributed by atoms with Gasteiger partial charge >= 0.3 is 6.03 Å². The average Bonchev–Trinajstić information content (AvgIpc) is 2.70. The van der Waals surface area contributed by atoms with Crippen molar-refractivity contribution < 1.29 is 4.79 Å². The van der Waals surface area contributed by atoms with Crippen molar-refractivity contribution in [2.45, 2.75) is 19.8 Å². The molecule has 28 heavy (non-hydrogen) atoms. The van der Waals surface area contributed by atoms with Crippen LogP contribution >= 0.6 is 0 Å². The Kier molecular flexibility index (Phi) is 5.14. The van der Waals surface area contributed by atoms with Crippen LogP contribution in [-0.4, -0.2) is 34.1 Å². The summed E-state index contributed by atoms with van der Waals surface area (Å²) in [6, 6.07) is 11.3. The minimum atomic E-state index is -0.218. The van der Waals surface area contributed by atoms with Crippen molar-refractivity contribution in [1.29, 1.82) is 0 Å². The maximum Gasteiger partial charge on any atom is 0.327 e. The predicted octanol–water partition coefficient (Wildman–Crippen LogP) is 4.09. The van der Waals surface area contributed by atoms with Crippen molar-refractivity contribution in [3.63, 3.8) is 0 Å². The summed E-state index contributed by atoms with van der Waals surface area (Å²) in [5.74, 6) is 0.624. The quantitative estimate of drug-likeness (QED) is 0.706. The number of aromatic nitrogens is 3. The molecule has 3 aromatic rings. The smallest absolute Gasteiger partial charge is 0.327 e. The van der Waals surface area contributed by atoms with Crippen molar-refractivity contribution in [2.75, 3.05) is 28.6 Å². The second-order valence-electron chi connectivity index (χ2n) is 6.71. The summed E-state index contributed by atoms with van der Waals surface area (Å²) < 4.78 is 0. The van der Waals surface area contributed by atoms with Crippen molar-refractivity contribution in [3.8, 4) is 11.3 Å². The molecular weight excluding hydrogens is 352 g/mol. The Bertz CT molecular complexity index is 958. The Morgan fingerprint density at radius 1 is 1.14 bits per heavy atom. The molecule has 0 spiro atoms. The normalized spacial score (nSPS) is 13.7. The van der Waals surface area contributed by atoms with Gasteiger partial charge in [-0.3, -0.25) is 14.9 Å². The van der Waals surface area contributed by atoms with Gasteiger partial charge in [0.15, 0.2) is 5.82 Å². The van der Waals surface area contributed by atoms with Crippen molar-refractivity contribution in [3.05, 3.63) is 60.7 Å². The van der Waals surface area contributed by atoms with Crippen LogP contribution in [0.3, 0.4) is 0 Å². The van der Waals surface area contributed by atoms with Crippen LogP contribution in [0.5, 0.6) is 0 Å². The first-order chi connectivity index (χ1) is 13.7. The Morgan fingerprint density at radius 3 is 2.86 bits per heavy atom. The number of anilines is 3. The lowest BCUT2D eigenvalue weighted by molar-refractivity contribution is 0.256. The van der Waals surface area contributed by atoms with Gasteiger partial charge in [-0.25, -0.2) is 9.78 Å². The average molecular weight is 374 g/mol. The third-order valence-corrected chi connectivity index (χ3v) is 4.62. The van der Waals surface area contributed by atoms with Gasteiger partial charge in [0.05, 0.1) is 23.3 Å². The number of carbonyl (C=O) groups is 1. The van der Waals surface area contributed by atoms with Crippen LogP contribution in [0.15, 0.2) is 55.0 Å². The molecule has 7 heteroatoms. The van der Waals surface area contributed by atoms with Gasteiger partial charge in [0.2, 0.25) is 0 Å². The minimum Gasteiger partial charge on any atom is -0.382 e. The first-order valence-electron chi connectivity index (χ1n) is 9.37. The lowest BCUT2D eigenvalue weighted by Gasteiger charge is -2.27. The molecule has 0 bridgehead atoms. The molecule has 0 unspecified atom stereocenters. The van der Waals surface area contributed by atoms with E-state index in [0.29, 0.717) is 18.1 Å². The zero-order chi connectivity index (χ0) is 19.3. The lowest BCUT2D eigenvalue weighted by atomic mass is 10.1. The topological polar surface area (TPSA) is 83.0 Å². The minimum absolute atomic E-state index is 0.218. The van der Waals surface area contributed by atoms with Gasteiger partial charge in [-0.15, -0.1) is 0 Å². The second kappa shape index (κ2) is 8.04. The molecule has 4 rings (SSSR count). The predicted molar refractivity (Wildman–Crippen MR) is 111 cm³/mol. The first-order valence-corrected chi connectivity index (χ1v) is 9.37. The van der Waals surface area contributed by atoms with Crippen molar-refractivity contribution in [1.82, 2.24) is 15.0 Å². The maximum absolute atomic E-state index is 13.0. The number of carbonyl (C=O) groups excluding carboxylic acids is 1. The molecule has 0 saturated heterocycles. The monoisotopic (exact) mass is 374 g/mol. The largest absolute Gasteiger partial charge is 0.382 e. The highest BCUT2D eigenvalue weighted by Gasteiger charge is 2.22. The van der Waals surface area contributed by atoms with Crippen LogP contribution in [0.1, 0.15) is 18.5 Å². The van der Waals surface area contributed by atoms with E-state index in [-0.39, 0.29) is 6.03 Å². The molecule has 4 heterocycles. The molecule has 1 aliphatic rings. The highest BCUT2D eigenvalue weighted by Crippen LogP contribution is 2.30. The molecule has 0 radical (unpaired) electrons. The second-order valence-corrected chi connectivity index (χ2v) is 6.71. The molecule has 0 saturated carbocycles. The van der Waals surface area contributed by atoms with E-state index in [9.17, 15) is 4.79 Å². The summed E-state index contributed by atoms with van der Waals surface area (Å²) in [5, 5.41) is 6.30. The van der Waals surface area contributed by atoms with Crippen molar-refractivity contribution >= 4 is 23.2 Å². The van der Waals surface area contributed by atoms with Crippen LogP contribution in [0.2, 0.25) is 0 Å². The number of nitrogens with zero attached hydrogens (tertiary/aromatic N) is 4. The van der Waals surface area contributed by atoms with E-state index in [1.165, 1.54) is 0 Å². The third-order valence-electron chi connectivity index (χ3n) is 4.62. The fourth-order valence-corrected chi connectivity index (χ4v) is 3.12. The van der Waals surface area contributed by atoms with Gasteiger partial charge in [0.1, 0.15) is 0 Å². The Hall–Kier alpha value is -3.48. The molecule has 0 atom stereocenters. The number of urea groups is 1. The van der Waals surface area contributed by atoms with Gasteiger partial charge in [-0.2, -0.15) is 0 Å². The van der Waals surface area contributed by atoms with E-state index in [1.807, 2.05) is 37.3 Å². The molecule has 7 nitrogen and oxygen atoms in total. The highest BCUT2D eigenvalue weighted by atomic mass is 16.2. The molecule has 0 aromatic carbocycles. The number of nitrogens with one attached hydrogen (secondary N) is 2. The van der Waals surface area contributed by atoms with E-state index >= 15 is 0 Å². The number of hydrogen-bond donors (Lipinski definition) is 2. The lowest BCUT2D eigenvalue weighted by Crippen LogP contribution is -2.38. The zero-order valence-electron chi connectivity index (χ0n) is 15.7. The van der Waals surface area contributed by atoms with Crippen LogP contribution in [0.25, 0.3) is 11.3 Å². The van der Waals surface area contributed by atoms with Gasteiger partial charge in [-0.1, -0.05) is 0 Å². The van der Waals surface area contributed by atoms with E-state index in [0.717, 1.165) is 42.0 Å². The van der Waals surface area contributed by atoms with Crippen LogP contribution in [-0.2, 0) is 0 Å². The molecule has 0 aliphatic carbocycles. The molecule has 2 amide bonds. The van der Waals surface area contributed by atoms with Crippen molar-refractivity contribution in [2.24, 2.45) is 0 Å². The summed E-state index contributed by atoms with van der Waals surface area (Å²) in [7, 11) is 0. The number of amides is 2. The molecule has 2 N–H and O–H groups in total. The molecule has 142 valence electrons. The summed E-state index contributed by atoms with van der Waals surface area (Å²) in [5.41, 5.74) is 4.16. The highest BCUT2D eigenvalue weighted by molar-refractivity contribution is 6.03. The summed E-state index contributed by atoms with van der Waals surface area (Å²) in [6.45, 7) is 3.41. The standard InChI is InChI=1S/C21H22N6O/c1-15-6-7-16(13-24-15)18-8-9-19-20(26-18)27(12-3-2-11-23-19)21(28)25-17-5-4-10-22-14-17/h4-10,13-14,23H,2-3,11-12H2,1H3,(H,25,28). The van der Waals surface area contributed by atoms with Crippen LogP contribution in [0, 0.1) is 6.92 Å². The fourth-order valence-electron chi connectivity index (χ4n) is 3.12. The number of aryl methyl sites for hydroxylation is 1. The maximum atomic E-state index is 13.0. The SMILES string of the molecule is Cc1ccc(-c2ccc3c(n2)N(C(=O)Nc2cccnc2)CCCCN3)cn1. The fraction of sp³-hybridized carbons (Fsp3) is 0.238. The van der Waals surface area contributed by atoms with E-state index in [1.54, 1.807) is 29.6 Å². The van der Waals surface area contributed by atoms with E-state index in [4.69, 9.17) is 4.98 Å². The molecule has 1 aliphatic heterocycles. The summed E-state index contributed by atoms with van der Waals surface area (Å²) >= 11 is 0. The zero-order valence-corrected chi connectivity index (χ0v) is 15.7. The molecular formula is C21H22N6O. The Balaban J connectivity index is 1.69. The summed E-state index contributed by atoms with van der Waals surface area (Å²) in [4.78, 5) is 27.9. The van der Waals surface area contributed by atoms with Crippen LogP contribution < -0.4 is 15.5 Å². The number of fused-ring (bicyclic) bond motifs is 1.